The molecule has 0 spiro atoms. The average Bonchev–Trinajstić information content (AvgIpc) is 2.47. The van der Waals surface area contributed by atoms with Gasteiger partial charge in [-0.1, -0.05) is 19.3 Å². The molecular weight excluding hydrogens is 200 g/mol. The second kappa shape index (κ2) is 4.19. The summed E-state index contributed by atoms with van der Waals surface area (Å²) in [4.78, 5) is 0. The Morgan fingerprint density at radius 2 is 1.64 bits per heavy atom. The lowest BCUT2D eigenvalue weighted by Gasteiger charge is -2.24. The molecule has 2 aliphatic rings. The Morgan fingerprint density at radius 3 is 2.21 bits per heavy atom. The fourth-order valence-corrected chi connectivity index (χ4v) is 3.94. The second-order valence-corrected chi connectivity index (χ2v) is 6.65. The van der Waals surface area contributed by atoms with Crippen LogP contribution in [-0.2, 0) is 14.6 Å². The van der Waals surface area contributed by atoms with Crippen LogP contribution >= 0.6 is 0 Å². The van der Waals surface area contributed by atoms with Crippen molar-refractivity contribution in [2.75, 3.05) is 11.5 Å². The molecule has 1 aliphatic carbocycles. The second-order valence-electron chi connectivity index (χ2n) is 4.42. The first-order chi connectivity index (χ1) is 6.66. The van der Waals surface area contributed by atoms with Gasteiger partial charge in [-0.3, -0.25) is 0 Å². The maximum atomic E-state index is 11.2. The summed E-state index contributed by atoms with van der Waals surface area (Å²) in [5.41, 5.74) is 0. The van der Waals surface area contributed by atoms with Crippen LogP contribution in [0.3, 0.4) is 0 Å². The van der Waals surface area contributed by atoms with Gasteiger partial charge in [-0.15, -0.1) is 0 Å². The van der Waals surface area contributed by atoms with Crippen LogP contribution < -0.4 is 0 Å². The van der Waals surface area contributed by atoms with Gasteiger partial charge in [-0.05, 0) is 19.3 Å². The van der Waals surface area contributed by atoms with Crippen LogP contribution in [0, 0.1) is 0 Å². The van der Waals surface area contributed by atoms with E-state index in [1.54, 1.807) is 0 Å². The van der Waals surface area contributed by atoms with Crippen molar-refractivity contribution in [2.24, 2.45) is 0 Å². The van der Waals surface area contributed by atoms with Crippen molar-refractivity contribution in [3.8, 4) is 0 Å². The van der Waals surface area contributed by atoms with Crippen LogP contribution in [0.4, 0.5) is 0 Å². The van der Waals surface area contributed by atoms with Crippen molar-refractivity contribution in [2.45, 2.75) is 50.7 Å². The third-order valence-electron chi connectivity index (χ3n) is 3.13. The fourth-order valence-electron chi connectivity index (χ4n) is 2.34. The van der Waals surface area contributed by atoms with Crippen LogP contribution in [0.1, 0.15) is 38.5 Å². The van der Waals surface area contributed by atoms with E-state index in [-0.39, 0.29) is 11.9 Å². The molecule has 3 nitrogen and oxygen atoms in total. The maximum absolute atomic E-state index is 11.2. The Hall–Kier alpha value is -0.0900. The topological polar surface area (TPSA) is 43.4 Å². The smallest absolute Gasteiger partial charge is 0.152 e. The SMILES string of the molecule is O=S1(=O)CC[C@@H](OC2CCCCC2)C1. The Balaban J connectivity index is 1.80. The molecule has 2 rings (SSSR count). The third-order valence-corrected chi connectivity index (χ3v) is 4.87. The number of rotatable bonds is 2. The molecule has 1 heterocycles. The van der Waals surface area contributed by atoms with Gasteiger partial charge < -0.3 is 4.74 Å². The summed E-state index contributed by atoms with van der Waals surface area (Å²) in [6.45, 7) is 0. The minimum absolute atomic E-state index is 0.0110. The highest BCUT2D eigenvalue weighted by molar-refractivity contribution is 7.91. The Bertz CT molecular complexity index is 278. The van der Waals surface area contributed by atoms with Crippen LogP contribution in [-0.4, -0.2) is 32.1 Å². The monoisotopic (exact) mass is 218 g/mol. The lowest BCUT2D eigenvalue weighted by Crippen LogP contribution is -2.25. The first-order valence-corrected chi connectivity index (χ1v) is 7.34. The first kappa shape index (κ1) is 10.4. The zero-order chi connectivity index (χ0) is 10.0. The van der Waals surface area contributed by atoms with Crippen molar-refractivity contribution >= 4 is 9.84 Å². The van der Waals surface area contributed by atoms with Crippen LogP contribution in [0.2, 0.25) is 0 Å². The number of ether oxygens (including phenoxy) is 1. The minimum Gasteiger partial charge on any atom is -0.374 e. The van der Waals surface area contributed by atoms with Gasteiger partial charge in [0.1, 0.15) is 0 Å². The van der Waals surface area contributed by atoms with Crippen molar-refractivity contribution in [1.82, 2.24) is 0 Å². The molecule has 1 atom stereocenters. The Morgan fingerprint density at radius 1 is 0.929 bits per heavy atom. The van der Waals surface area contributed by atoms with Crippen LogP contribution in [0.15, 0.2) is 0 Å². The first-order valence-electron chi connectivity index (χ1n) is 5.52. The lowest BCUT2D eigenvalue weighted by atomic mass is 9.97. The summed E-state index contributed by atoms with van der Waals surface area (Å²) < 4.78 is 28.2. The van der Waals surface area contributed by atoms with Crippen molar-refractivity contribution in [3.05, 3.63) is 0 Å². The predicted molar refractivity (Wildman–Crippen MR) is 55.0 cm³/mol. The lowest BCUT2D eigenvalue weighted by molar-refractivity contribution is -0.0169. The highest BCUT2D eigenvalue weighted by atomic mass is 32.2. The Labute approximate surface area is 85.8 Å². The molecule has 0 radical (unpaired) electrons. The third kappa shape index (κ3) is 2.70. The van der Waals surface area contributed by atoms with Crippen molar-refractivity contribution in [3.63, 3.8) is 0 Å². The predicted octanol–water partition coefficient (Wildman–Crippen LogP) is 1.52. The van der Waals surface area contributed by atoms with E-state index < -0.39 is 9.84 Å². The van der Waals surface area contributed by atoms with E-state index in [4.69, 9.17) is 4.74 Å². The van der Waals surface area contributed by atoms with E-state index in [2.05, 4.69) is 0 Å². The molecule has 1 saturated carbocycles. The van der Waals surface area contributed by atoms with E-state index in [9.17, 15) is 8.42 Å². The van der Waals surface area contributed by atoms with E-state index in [1.165, 1.54) is 19.3 Å². The molecule has 0 aromatic heterocycles. The molecule has 0 unspecified atom stereocenters. The largest absolute Gasteiger partial charge is 0.374 e. The van der Waals surface area contributed by atoms with E-state index in [0.29, 0.717) is 18.3 Å². The molecule has 0 aromatic carbocycles. The van der Waals surface area contributed by atoms with Crippen molar-refractivity contribution < 1.29 is 13.2 Å². The van der Waals surface area contributed by atoms with E-state index in [0.717, 1.165) is 12.8 Å². The molecular formula is C10H18O3S. The number of hydrogen-bond donors (Lipinski definition) is 0. The van der Waals surface area contributed by atoms with Crippen LogP contribution in [0.5, 0.6) is 0 Å². The molecule has 14 heavy (non-hydrogen) atoms. The summed E-state index contributed by atoms with van der Waals surface area (Å²) in [5.74, 6) is 0.577. The standard InChI is InChI=1S/C10H18O3S/c11-14(12)7-6-10(8-14)13-9-4-2-1-3-5-9/h9-10H,1-8H2/t10-/m1/s1. The van der Waals surface area contributed by atoms with E-state index >= 15 is 0 Å². The number of hydrogen-bond acceptors (Lipinski definition) is 3. The van der Waals surface area contributed by atoms with Gasteiger partial charge in [0, 0.05) is 0 Å². The summed E-state index contributed by atoms with van der Waals surface area (Å²) in [6.07, 6.45) is 7.06. The molecule has 1 saturated heterocycles. The summed E-state index contributed by atoms with van der Waals surface area (Å²) in [7, 11) is -2.77. The molecule has 82 valence electrons. The van der Waals surface area contributed by atoms with E-state index in [1.807, 2.05) is 0 Å². The molecule has 0 N–H and O–H groups in total. The highest BCUT2D eigenvalue weighted by Crippen LogP contribution is 2.24. The molecule has 0 bridgehead atoms. The highest BCUT2D eigenvalue weighted by Gasteiger charge is 2.30. The van der Waals surface area contributed by atoms with Gasteiger partial charge in [-0.25, -0.2) is 8.42 Å². The number of sulfone groups is 1. The Kier molecular flexibility index (Phi) is 3.12. The zero-order valence-corrected chi connectivity index (χ0v) is 9.26. The summed E-state index contributed by atoms with van der Waals surface area (Å²) >= 11 is 0. The summed E-state index contributed by atoms with van der Waals surface area (Å²) in [6, 6.07) is 0. The maximum Gasteiger partial charge on any atom is 0.152 e. The normalized spacial score (nSPS) is 33.3. The van der Waals surface area contributed by atoms with Gasteiger partial charge in [0.05, 0.1) is 23.7 Å². The molecule has 1 aliphatic heterocycles. The quantitative estimate of drug-likeness (QED) is 0.706. The minimum atomic E-state index is -2.77. The van der Waals surface area contributed by atoms with Gasteiger partial charge in [0.15, 0.2) is 9.84 Å². The molecule has 0 aromatic rings. The van der Waals surface area contributed by atoms with Gasteiger partial charge in [0.25, 0.3) is 0 Å². The summed E-state index contributed by atoms with van der Waals surface area (Å²) in [5, 5.41) is 0. The fraction of sp³-hybridized carbons (Fsp3) is 1.00. The van der Waals surface area contributed by atoms with Gasteiger partial charge in [-0.2, -0.15) is 0 Å². The van der Waals surface area contributed by atoms with Crippen LogP contribution in [0.25, 0.3) is 0 Å². The van der Waals surface area contributed by atoms with Gasteiger partial charge in [0.2, 0.25) is 0 Å². The zero-order valence-electron chi connectivity index (χ0n) is 8.44. The average molecular weight is 218 g/mol. The molecule has 4 heteroatoms. The van der Waals surface area contributed by atoms with Crippen molar-refractivity contribution in [1.29, 1.82) is 0 Å². The molecule has 2 fully saturated rings. The van der Waals surface area contributed by atoms with Gasteiger partial charge >= 0.3 is 0 Å². The molecule has 0 amide bonds.